The number of rotatable bonds is 2. The minimum Gasteiger partial charge on any atom is -0.459 e. The number of carbonyl (C=O) groups is 1. The van der Waals surface area contributed by atoms with Gasteiger partial charge in [-0.3, -0.25) is 0 Å². The van der Waals surface area contributed by atoms with E-state index in [9.17, 15) is 13.6 Å². The van der Waals surface area contributed by atoms with Crippen LogP contribution in [0.2, 0.25) is 0 Å². The molecule has 7 heteroatoms. The summed E-state index contributed by atoms with van der Waals surface area (Å²) < 4.78 is 37.8. The van der Waals surface area contributed by atoms with Crippen LogP contribution in [0, 0.1) is 6.92 Å². The van der Waals surface area contributed by atoms with E-state index < -0.39 is 31.1 Å². The molecule has 1 aliphatic rings. The van der Waals surface area contributed by atoms with Gasteiger partial charge >= 0.3 is 6.03 Å². The Balaban J connectivity index is 1.74. The molecule has 0 saturated carbocycles. The van der Waals surface area contributed by atoms with Crippen molar-refractivity contribution >= 4 is 17.0 Å². The summed E-state index contributed by atoms with van der Waals surface area (Å²) in [7, 11) is 0. The molecule has 0 unspecified atom stereocenters. The van der Waals surface area contributed by atoms with Crippen LogP contribution in [0.4, 0.5) is 13.6 Å². The van der Waals surface area contributed by atoms with E-state index in [0.717, 1.165) is 21.4 Å². The molecule has 0 bridgehead atoms. The Morgan fingerprint density at radius 3 is 2.88 bits per heavy atom. The number of para-hydroxylation sites is 1. The van der Waals surface area contributed by atoms with Gasteiger partial charge in [0, 0.05) is 17.5 Å². The largest absolute Gasteiger partial charge is 0.459 e. The van der Waals surface area contributed by atoms with E-state index in [0.29, 0.717) is 5.76 Å². The van der Waals surface area contributed by atoms with E-state index in [2.05, 4.69) is 5.32 Å². The molecule has 3 rings (SSSR count). The predicted molar refractivity (Wildman–Crippen MR) is 85.2 cm³/mol. The molecule has 1 aliphatic heterocycles. The third kappa shape index (κ3) is 3.36. The fraction of sp³-hybridized carbons (Fsp3) is 0.471. The molecule has 24 heavy (non-hydrogen) atoms. The molecule has 1 aromatic carbocycles. The van der Waals surface area contributed by atoms with Gasteiger partial charge in [0.25, 0.3) is 5.92 Å². The number of nitrogens with zero attached hydrogens (tertiary/aromatic N) is 1. The van der Waals surface area contributed by atoms with Gasteiger partial charge in [0.05, 0.1) is 19.2 Å². The van der Waals surface area contributed by atoms with Crippen molar-refractivity contribution in [3.8, 4) is 0 Å². The average Bonchev–Trinajstić information content (AvgIpc) is 2.75. The quantitative estimate of drug-likeness (QED) is 0.912. The number of carbonyl (C=O) groups excluding carboxylic acids is 1. The van der Waals surface area contributed by atoms with E-state index in [-0.39, 0.29) is 13.2 Å². The highest BCUT2D eigenvalue weighted by Crippen LogP contribution is 2.29. The second-order valence-electron chi connectivity index (χ2n) is 6.09. The number of urea groups is 1. The topological polar surface area (TPSA) is 54.7 Å². The second kappa shape index (κ2) is 6.39. The van der Waals surface area contributed by atoms with Gasteiger partial charge in [0.2, 0.25) is 0 Å². The Labute approximate surface area is 138 Å². The Morgan fingerprint density at radius 2 is 2.12 bits per heavy atom. The lowest BCUT2D eigenvalue weighted by atomic mass is 10.1. The van der Waals surface area contributed by atoms with Crippen molar-refractivity contribution in [3.63, 3.8) is 0 Å². The van der Waals surface area contributed by atoms with Crippen LogP contribution < -0.4 is 5.32 Å². The molecule has 2 heterocycles. The Morgan fingerprint density at radius 1 is 1.38 bits per heavy atom. The maximum atomic E-state index is 13.6. The molecule has 130 valence electrons. The number of aryl methyl sites for hydroxylation is 1. The number of amides is 2. The molecule has 5 nitrogen and oxygen atoms in total. The molecular weight excluding hydrogens is 318 g/mol. The first-order valence-electron chi connectivity index (χ1n) is 7.86. The lowest BCUT2D eigenvalue weighted by Gasteiger charge is -2.25. The number of nitrogens with one attached hydrogen (secondary N) is 1. The summed E-state index contributed by atoms with van der Waals surface area (Å²) in [6.45, 7) is 2.61. The molecule has 1 fully saturated rings. The van der Waals surface area contributed by atoms with Gasteiger partial charge in [-0.05, 0) is 19.9 Å². The summed E-state index contributed by atoms with van der Waals surface area (Å²) in [6, 6.07) is 6.61. The zero-order valence-electron chi connectivity index (χ0n) is 13.6. The molecule has 2 amide bonds. The summed E-state index contributed by atoms with van der Waals surface area (Å²) >= 11 is 0. The first-order valence-corrected chi connectivity index (χ1v) is 7.86. The third-order valence-corrected chi connectivity index (χ3v) is 4.14. The molecule has 2 aromatic rings. The highest BCUT2D eigenvalue weighted by atomic mass is 19.3. The van der Waals surface area contributed by atoms with Crippen LogP contribution in [0.1, 0.15) is 24.3 Å². The van der Waals surface area contributed by atoms with Crippen LogP contribution in [0.5, 0.6) is 0 Å². The van der Waals surface area contributed by atoms with Crippen molar-refractivity contribution in [3.05, 3.63) is 35.6 Å². The van der Waals surface area contributed by atoms with Gasteiger partial charge in [-0.1, -0.05) is 18.2 Å². The summed E-state index contributed by atoms with van der Waals surface area (Å²) in [5.74, 6) is -2.41. The molecule has 1 aromatic heterocycles. The number of ether oxygens (including phenoxy) is 1. The minimum atomic E-state index is -3.04. The maximum absolute atomic E-state index is 13.6. The SMILES string of the molecule is Cc1c([C@H](C)NC(=O)N2CCOCC(F)(F)C2)oc2ccccc12. The monoisotopic (exact) mass is 338 g/mol. The zero-order valence-corrected chi connectivity index (χ0v) is 13.6. The van der Waals surface area contributed by atoms with Crippen molar-refractivity contribution in [2.75, 3.05) is 26.3 Å². The molecule has 1 N–H and O–H groups in total. The van der Waals surface area contributed by atoms with E-state index >= 15 is 0 Å². The number of hydrogen-bond donors (Lipinski definition) is 1. The fourth-order valence-corrected chi connectivity index (χ4v) is 2.92. The number of furan rings is 1. The van der Waals surface area contributed by atoms with Gasteiger partial charge in [-0.25, -0.2) is 13.6 Å². The standard InChI is InChI=1S/C17H20F2N2O3/c1-11-13-5-3-4-6-14(13)24-15(11)12(2)20-16(22)21-7-8-23-10-17(18,19)9-21/h3-6,12H,7-10H2,1-2H3,(H,20,22)/t12-/m0/s1. The van der Waals surface area contributed by atoms with Crippen LogP contribution >= 0.6 is 0 Å². The first kappa shape index (κ1) is 16.7. The minimum absolute atomic E-state index is 0.0983. The van der Waals surface area contributed by atoms with Gasteiger partial charge in [0.15, 0.2) is 0 Å². The van der Waals surface area contributed by atoms with Crippen LogP contribution in [-0.4, -0.2) is 43.2 Å². The number of fused-ring (bicyclic) bond motifs is 1. The second-order valence-corrected chi connectivity index (χ2v) is 6.09. The summed E-state index contributed by atoms with van der Waals surface area (Å²) in [4.78, 5) is 13.4. The summed E-state index contributed by atoms with van der Waals surface area (Å²) in [5.41, 5.74) is 1.67. The molecule has 0 spiro atoms. The van der Waals surface area contributed by atoms with Crippen LogP contribution in [0.15, 0.2) is 28.7 Å². The highest BCUT2D eigenvalue weighted by Gasteiger charge is 2.36. The Bertz CT molecular complexity index is 745. The van der Waals surface area contributed by atoms with Crippen LogP contribution in [-0.2, 0) is 4.74 Å². The third-order valence-electron chi connectivity index (χ3n) is 4.14. The number of halogens is 2. The normalized spacial score (nSPS) is 19.1. The van der Waals surface area contributed by atoms with Crippen molar-refractivity contribution in [2.45, 2.75) is 25.8 Å². The van der Waals surface area contributed by atoms with E-state index in [4.69, 9.17) is 9.15 Å². The Hall–Kier alpha value is -2.15. The van der Waals surface area contributed by atoms with E-state index in [1.807, 2.05) is 31.2 Å². The molecule has 1 atom stereocenters. The lowest BCUT2D eigenvalue weighted by molar-refractivity contribution is -0.0652. The van der Waals surface area contributed by atoms with Crippen LogP contribution in [0.3, 0.4) is 0 Å². The number of hydrogen-bond acceptors (Lipinski definition) is 3. The van der Waals surface area contributed by atoms with Gasteiger partial charge < -0.3 is 19.4 Å². The fourth-order valence-electron chi connectivity index (χ4n) is 2.92. The molecule has 0 aliphatic carbocycles. The predicted octanol–water partition coefficient (Wildman–Crippen LogP) is 3.48. The van der Waals surface area contributed by atoms with Crippen molar-refractivity contribution < 1.29 is 22.7 Å². The Kier molecular flexibility index (Phi) is 4.45. The van der Waals surface area contributed by atoms with Gasteiger partial charge in [-0.2, -0.15) is 0 Å². The summed E-state index contributed by atoms with van der Waals surface area (Å²) in [6.07, 6.45) is 0. The smallest absolute Gasteiger partial charge is 0.318 e. The van der Waals surface area contributed by atoms with E-state index in [1.165, 1.54) is 0 Å². The average molecular weight is 338 g/mol. The van der Waals surface area contributed by atoms with Crippen molar-refractivity contribution in [2.24, 2.45) is 0 Å². The van der Waals surface area contributed by atoms with E-state index in [1.54, 1.807) is 6.92 Å². The van der Waals surface area contributed by atoms with Crippen molar-refractivity contribution in [1.29, 1.82) is 0 Å². The zero-order chi connectivity index (χ0) is 17.3. The van der Waals surface area contributed by atoms with Gasteiger partial charge in [-0.15, -0.1) is 0 Å². The molecule has 1 saturated heterocycles. The van der Waals surface area contributed by atoms with Gasteiger partial charge in [0.1, 0.15) is 18.0 Å². The highest BCUT2D eigenvalue weighted by molar-refractivity contribution is 5.82. The first-order chi connectivity index (χ1) is 11.4. The van der Waals surface area contributed by atoms with Crippen molar-refractivity contribution in [1.82, 2.24) is 10.2 Å². The van der Waals surface area contributed by atoms with Crippen LogP contribution in [0.25, 0.3) is 11.0 Å². The summed E-state index contributed by atoms with van der Waals surface area (Å²) in [5, 5.41) is 3.71. The lowest BCUT2D eigenvalue weighted by Crippen LogP contribution is -2.46. The maximum Gasteiger partial charge on any atom is 0.318 e. The number of alkyl halides is 2. The molecular formula is C17H20F2N2O3. The molecule has 0 radical (unpaired) electrons. The number of benzene rings is 1.